The van der Waals surface area contributed by atoms with Gasteiger partial charge in [0.1, 0.15) is 0 Å². The Morgan fingerprint density at radius 1 is 0.667 bits per heavy atom. The van der Waals surface area contributed by atoms with Gasteiger partial charge in [0.2, 0.25) is 0 Å². The van der Waals surface area contributed by atoms with Crippen LogP contribution in [-0.2, 0) is 62.9 Å². The SMILES string of the molecule is [Ag+].[Ge+4].[Li+].[S-2].[S-2].[S-2]. The summed E-state index contributed by atoms with van der Waals surface area (Å²) in [7, 11) is 0. The summed E-state index contributed by atoms with van der Waals surface area (Å²) in [6, 6.07) is 0. The van der Waals surface area contributed by atoms with E-state index in [1.807, 2.05) is 0 Å². The average Bonchev–Trinajstić information content (AvgIpc) is 0. The maximum atomic E-state index is 0. The Labute approximate surface area is 98.0 Å². The third-order valence-corrected chi connectivity index (χ3v) is 0. The molecule has 0 unspecified atom stereocenters. The van der Waals surface area contributed by atoms with Crippen LogP contribution in [0, 0.1) is 0 Å². The molecule has 0 saturated heterocycles. The van der Waals surface area contributed by atoms with Crippen LogP contribution >= 0.6 is 0 Å². The molecule has 0 aromatic carbocycles. The molecule has 0 N–H and O–H groups in total. The molecule has 6 heavy (non-hydrogen) atoms. The first-order chi connectivity index (χ1) is 0. The fraction of sp³-hybridized carbons (Fsp3) is 0. The predicted molar refractivity (Wildman–Crippen MR) is 27.8 cm³/mol. The number of hydrogen-bond donors (Lipinski definition) is 0. The van der Waals surface area contributed by atoms with Crippen LogP contribution in [0.3, 0.4) is 0 Å². The maximum absolute atomic E-state index is 0. The third kappa shape index (κ3) is 28.4. The minimum Gasteiger partial charge on any atom is -2.00 e. The van der Waals surface area contributed by atoms with E-state index in [1.165, 1.54) is 0 Å². The van der Waals surface area contributed by atoms with E-state index in [1.54, 1.807) is 0 Å². The molecule has 6 heteroatoms. The number of rotatable bonds is 0. The maximum Gasteiger partial charge on any atom is 4.00 e. The van der Waals surface area contributed by atoms with Crippen molar-refractivity contribution in [3.63, 3.8) is 0 Å². The van der Waals surface area contributed by atoms with E-state index in [9.17, 15) is 0 Å². The first-order valence-corrected chi connectivity index (χ1v) is 0. The fourth-order valence-electron chi connectivity index (χ4n) is 0. The summed E-state index contributed by atoms with van der Waals surface area (Å²) in [6.07, 6.45) is 0. The van der Waals surface area contributed by atoms with Crippen molar-refractivity contribution < 1.29 is 41.2 Å². The molecule has 0 spiro atoms. The summed E-state index contributed by atoms with van der Waals surface area (Å²) in [5.41, 5.74) is 0. The zero-order chi connectivity index (χ0) is 0. The van der Waals surface area contributed by atoms with E-state index in [0.717, 1.165) is 0 Å². The molecule has 0 aliphatic rings. The van der Waals surface area contributed by atoms with Gasteiger partial charge in [-0.25, -0.2) is 0 Å². The van der Waals surface area contributed by atoms with Gasteiger partial charge < -0.3 is 40.5 Å². The van der Waals surface area contributed by atoms with Crippen LogP contribution in [0.1, 0.15) is 0 Å². The van der Waals surface area contributed by atoms with Gasteiger partial charge in [0, 0.05) is 0 Å². The average molecular weight is 284 g/mol. The molecular weight excluding hydrogens is 284 g/mol. The second-order valence-electron chi connectivity index (χ2n) is 0. The van der Waals surface area contributed by atoms with Gasteiger partial charge in [0.15, 0.2) is 0 Å². The van der Waals surface area contributed by atoms with Crippen molar-refractivity contribution >= 4 is 58.1 Å². The van der Waals surface area contributed by atoms with E-state index >= 15 is 0 Å². The molecule has 0 atom stereocenters. The molecule has 34 valence electrons. The van der Waals surface area contributed by atoms with Crippen LogP contribution in [0.25, 0.3) is 0 Å². The van der Waals surface area contributed by atoms with Crippen LogP contribution in [0.2, 0.25) is 0 Å². The Morgan fingerprint density at radius 3 is 0.667 bits per heavy atom. The molecule has 0 saturated carbocycles. The van der Waals surface area contributed by atoms with Crippen LogP contribution in [0.5, 0.6) is 0 Å². The largest absolute Gasteiger partial charge is 4.00 e. The van der Waals surface area contributed by atoms with Crippen LogP contribution < -0.4 is 18.9 Å². The molecule has 0 amide bonds. The standard InChI is InChI=1S/Ag.Ge.Li.3S/q+1;+4;+1;3*-2. The van der Waals surface area contributed by atoms with Gasteiger partial charge >= 0.3 is 58.8 Å². The smallest absolute Gasteiger partial charge is 2.00 e. The van der Waals surface area contributed by atoms with Crippen molar-refractivity contribution in [2.45, 2.75) is 0 Å². The van der Waals surface area contributed by atoms with Gasteiger partial charge in [-0.15, -0.1) is 0 Å². The van der Waals surface area contributed by atoms with Crippen molar-refractivity contribution in [2.24, 2.45) is 0 Å². The van der Waals surface area contributed by atoms with Gasteiger partial charge in [0.05, 0.1) is 0 Å². The molecule has 0 aliphatic carbocycles. The Bertz CT molecular complexity index is 10.8. The normalized spacial score (nSPS) is 0. The zero-order valence-electron chi connectivity index (χ0n) is 3.03. The number of hydrogen-bond acceptors (Lipinski definition) is 0. The molecule has 0 heterocycles. The quantitative estimate of drug-likeness (QED) is 0.407. The van der Waals surface area contributed by atoms with Gasteiger partial charge in [-0.2, -0.15) is 0 Å². The van der Waals surface area contributed by atoms with Gasteiger partial charge in [-0.1, -0.05) is 0 Å². The Morgan fingerprint density at radius 2 is 0.667 bits per heavy atom. The Balaban J connectivity index is 0. The zero-order valence-corrected chi connectivity index (χ0v) is 9.06. The minimum atomic E-state index is 0. The van der Waals surface area contributed by atoms with Crippen molar-refractivity contribution in [1.29, 1.82) is 0 Å². The van der Waals surface area contributed by atoms with Crippen molar-refractivity contribution in [1.82, 2.24) is 0 Å². The van der Waals surface area contributed by atoms with Gasteiger partial charge in [-0.3, -0.25) is 0 Å². The first kappa shape index (κ1) is 65.4. The molecule has 0 fully saturated rings. The molecule has 0 radical (unpaired) electrons. The second-order valence-corrected chi connectivity index (χ2v) is 0. The molecule has 0 nitrogen and oxygen atoms in total. The summed E-state index contributed by atoms with van der Waals surface area (Å²) >= 11 is 0. The second kappa shape index (κ2) is 44.4. The van der Waals surface area contributed by atoms with Gasteiger partial charge in [0.25, 0.3) is 0 Å². The molecule has 0 aliphatic heterocycles. The van der Waals surface area contributed by atoms with E-state index in [0.29, 0.717) is 0 Å². The topological polar surface area (TPSA) is 0 Å². The molecule has 0 aromatic rings. The van der Waals surface area contributed by atoms with E-state index in [2.05, 4.69) is 0 Å². The van der Waals surface area contributed by atoms with Crippen molar-refractivity contribution in [3.05, 3.63) is 0 Å². The van der Waals surface area contributed by atoms with E-state index < -0.39 is 0 Å². The summed E-state index contributed by atoms with van der Waals surface area (Å²) in [5, 5.41) is 0. The predicted octanol–water partition coefficient (Wildman–Crippen LogP) is -3.39. The molecule has 0 aromatic heterocycles. The third-order valence-electron chi connectivity index (χ3n) is 0. The first-order valence-electron chi connectivity index (χ1n) is 0. The van der Waals surface area contributed by atoms with Gasteiger partial charge in [-0.05, 0) is 0 Å². The van der Waals surface area contributed by atoms with Crippen molar-refractivity contribution in [3.8, 4) is 0 Å². The van der Waals surface area contributed by atoms with E-state index in [-0.39, 0.29) is 99.3 Å². The van der Waals surface area contributed by atoms with E-state index in [4.69, 9.17) is 0 Å². The molecular formula is AgGeLiS3. The van der Waals surface area contributed by atoms with Crippen LogP contribution in [-0.4, -0.2) is 17.6 Å². The monoisotopic (exact) mass is 284 g/mol. The molecule has 0 rings (SSSR count). The van der Waals surface area contributed by atoms with Crippen LogP contribution in [0.4, 0.5) is 0 Å². The summed E-state index contributed by atoms with van der Waals surface area (Å²) in [4.78, 5) is 0. The summed E-state index contributed by atoms with van der Waals surface area (Å²) < 4.78 is 0. The van der Waals surface area contributed by atoms with Crippen molar-refractivity contribution in [2.75, 3.05) is 0 Å². The minimum absolute atomic E-state index is 0. The Kier molecular flexibility index (Phi) is 483. The summed E-state index contributed by atoms with van der Waals surface area (Å²) in [6.45, 7) is 0. The summed E-state index contributed by atoms with van der Waals surface area (Å²) in [5.74, 6) is 0. The molecule has 0 bridgehead atoms. The fourth-order valence-corrected chi connectivity index (χ4v) is 0. The Hall–Kier alpha value is 2.93. The van der Waals surface area contributed by atoms with Crippen LogP contribution in [0.15, 0.2) is 0 Å².